The molecule has 19 heavy (non-hydrogen) atoms. The Morgan fingerprint density at radius 3 is 2.84 bits per heavy atom. The summed E-state index contributed by atoms with van der Waals surface area (Å²) in [6.07, 6.45) is 2.03. The van der Waals surface area contributed by atoms with Crippen LogP contribution < -0.4 is 14.8 Å². The highest BCUT2D eigenvalue weighted by Crippen LogP contribution is 2.32. The summed E-state index contributed by atoms with van der Waals surface area (Å²) in [5.74, 6) is 1.79. The van der Waals surface area contributed by atoms with Gasteiger partial charge in [-0.15, -0.1) is 0 Å². The second kappa shape index (κ2) is 5.48. The van der Waals surface area contributed by atoms with Crippen molar-refractivity contribution in [3.05, 3.63) is 23.8 Å². The highest BCUT2D eigenvalue weighted by Gasteiger charge is 2.18. The van der Waals surface area contributed by atoms with Gasteiger partial charge in [0, 0.05) is 25.3 Å². The summed E-state index contributed by atoms with van der Waals surface area (Å²) < 4.78 is 15.8. The molecule has 0 radical (unpaired) electrons. The SMILES string of the molecule is O=C(NCC1CCOCC1)c1ccc2c(c1)OCO2. The van der Waals surface area contributed by atoms with Gasteiger partial charge in [0.05, 0.1) is 0 Å². The topological polar surface area (TPSA) is 56.8 Å². The van der Waals surface area contributed by atoms with E-state index in [1.165, 1.54) is 0 Å². The van der Waals surface area contributed by atoms with Crippen molar-refractivity contribution in [2.45, 2.75) is 12.8 Å². The maximum Gasteiger partial charge on any atom is 0.251 e. The molecular weight excluding hydrogens is 246 g/mol. The molecule has 1 amide bonds. The first kappa shape index (κ1) is 12.3. The number of fused-ring (bicyclic) bond motifs is 1. The van der Waals surface area contributed by atoms with Crippen LogP contribution in [0.5, 0.6) is 11.5 Å². The molecular formula is C14H17NO4. The minimum Gasteiger partial charge on any atom is -0.454 e. The van der Waals surface area contributed by atoms with E-state index in [1.807, 2.05) is 0 Å². The molecule has 102 valence electrons. The van der Waals surface area contributed by atoms with Crippen LogP contribution in [0.1, 0.15) is 23.2 Å². The van der Waals surface area contributed by atoms with Crippen molar-refractivity contribution in [1.82, 2.24) is 5.32 Å². The van der Waals surface area contributed by atoms with E-state index >= 15 is 0 Å². The zero-order chi connectivity index (χ0) is 13.1. The molecule has 5 heteroatoms. The average Bonchev–Trinajstić information content (AvgIpc) is 2.93. The first-order chi connectivity index (χ1) is 9.33. The molecule has 5 nitrogen and oxygen atoms in total. The summed E-state index contributed by atoms with van der Waals surface area (Å²) in [7, 11) is 0. The van der Waals surface area contributed by atoms with Crippen molar-refractivity contribution in [3.8, 4) is 11.5 Å². The maximum absolute atomic E-state index is 12.0. The van der Waals surface area contributed by atoms with Crippen LogP contribution in [0.2, 0.25) is 0 Å². The Morgan fingerprint density at radius 1 is 1.21 bits per heavy atom. The fraction of sp³-hybridized carbons (Fsp3) is 0.500. The molecule has 0 unspecified atom stereocenters. The Bertz CT molecular complexity index is 469. The molecule has 2 aliphatic rings. The number of amides is 1. The van der Waals surface area contributed by atoms with Crippen LogP contribution in [0, 0.1) is 5.92 Å². The molecule has 1 fully saturated rings. The summed E-state index contributed by atoms with van der Waals surface area (Å²) in [5.41, 5.74) is 0.608. The maximum atomic E-state index is 12.0. The number of ether oxygens (including phenoxy) is 3. The quantitative estimate of drug-likeness (QED) is 0.899. The molecule has 3 rings (SSSR count). The Hall–Kier alpha value is -1.75. The predicted octanol–water partition coefficient (Wildman–Crippen LogP) is 1.57. The Balaban J connectivity index is 1.57. The predicted molar refractivity (Wildman–Crippen MR) is 68.4 cm³/mol. The van der Waals surface area contributed by atoms with Gasteiger partial charge in [-0.3, -0.25) is 4.79 Å². The molecule has 2 aliphatic heterocycles. The van der Waals surface area contributed by atoms with Crippen molar-refractivity contribution < 1.29 is 19.0 Å². The van der Waals surface area contributed by atoms with E-state index in [1.54, 1.807) is 18.2 Å². The van der Waals surface area contributed by atoms with Crippen molar-refractivity contribution in [2.24, 2.45) is 5.92 Å². The number of nitrogens with one attached hydrogen (secondary N) is 1. The molecule has 0 bridgehead atoms. The highest BCUT2D eigenvalue weighted by molar-refractivity contribution is 5.94. The molecule has 2 heterocycles. The smallest absolute Gasteiger partial charge is 0.251 e. The number of hydrogen-bond acceptors (Lipinski definition) is 4. The third-order valence-corrected chi connectivity index (χ3v) is 3.53. The van der Waals surface area contributed by atoms with Crippen molar-refractivity contribution in [1.29, 1.82) is 0 Å². The number of hydrogen-bond donors (Lipinski definition) is 1. The van der Waals surface area contributed by atoms with Gasteiger partial charge in [0.15, 0.2) is 11.5 Å². The van der Waals surface area contributed by atoms with Crippen LogP contribution in [0.4, 0.5) is 0 Å². The van der Waals surface area contributed by atoms with Gasteiger partial charge in [0.25, 0.3) is 5.91 Å². The largest absolute Gasteiger partial charge is 0.454 e. The summed E-state index contributed by atoms with van der Waals surface area (Å²) in [6, 6.07) is 5.25. The lowest BCUT2D eigenvalue weighted by Crippen LogP contribution is -2.32. The summed E-state index contributed by atoms with van der Waals surface area (Å²) >= 11 is 0. The third-order valence-electron chi connectivity index (χ3n) is 3.53. The van der Waals surface area contributed by atoms with Crippen LogP contribution in [-0.4, -0.2) is 32.5 Å². The lowest BCUT2D eigenvalue weighted by Gasteiger charge is -2.22. The number of carbonyl (C=O) groups excluding carboxylic acids is 1. The molecule has 1 aromatic carbocycles. The second-order valence-electron chi connectivity index (χ2n) is 4.83. The minimum absolute atomic E-state index is 0.0650. The van der Waals surface area contributed by atoms with Gasteiger partial charge in [-0.1, -0.05) is 0 Å². The summed E-state index contributed by atoms with van der Waals surface area (Å²) in [5, 5.41) is 2.97. The molecule has 1 aromatic rings. The van der Waals surface area contributed by atoms with Gasteiger partial charge in [-0.2, -0.15) is 0 Å². The zero-order valence-electron chi connectivity index (χ0n) is 10.7. The van der Waals surface area contributed by atoms with E-state index in [0.717, 1.165) is 26.1 Å². The van der Waals surface area contributed by atoms with Gasteiger partial charge < -0.3 is 19.5 Å². The molecule has 1 N–H and O–H groups in total. The van der Waals surface area contributed by atoms with Gasteiger partial charge in [-0.25, -0.2) is 0 Å². The van der Waals surface area contributed by atoms with E-state index in [-0.39, 0.29) is 12.7 Å². The van der Waals surface area contributed by atoms with Crippen molar-refractivity contribution in [3.63, 3.8) is 0 Å². The first-order valence-corrected chi connectivity index (χ1v) is 6.58. The van der Waals surface area contributed by atoms with Crippen LogP contribution in [-0.2, 0) is 4.74 Å². The Morgan fingerprint density at radius 2 is 2.00 bits per heavy atom. The second-order valence-corrected chi connectivity index (χ2v) is 4.83. The highest BCUT2D eigenvalue weighted by atomic mass is 16.7. The van der Waals surface area contributed by atoms with Gasteiger partial charge in [-0.05, 0) is 37.0 Å². The number of carbonyl (C=O) groups is 1. The van der Waals surface area contributed by atoms with Crippen LogP contribution in [0.15, 0.2) is 18.2 Å². The number of rotatable bonds is 3. The molecule has 0 aliphatic carbocycles. The average molecular weight is 263 g/mol. The first-order valence-electron chi connectivity index (χ1n) is 6.58. The van der Waals surface area contributed by atoms with Gasteiger partial charge >= 0.3 is 0 Å². The standard InChI is InChI=1S/C14H17NO4/c16-14(15-8-10-3-5-17-6-4-10)11-1-2-12-13(7-11)19-9-18-12/h1-2,7,10H,3-6,8-9H2,(H,15,16). The molecule has 0 saturated carbocycles. The lowest BCUT2D eigenvalue weighted by molar-refractivity contribution is 0.0642. The molecule has 0 atom stereocenters. The van der Waals surface area contributed by atoms with E-state index in [9.17, 15) is 4.79 Å². The van der Waals surface area contributed by atoms with Crippen molar-refractivity contribution >= 4 is 5.91 Å². The van der Waals surface area contributed by atoms with Gasteiger partial charge in [0.2, 0.25) is 6.79 Å². The van der Waals surface area contributed by atoms with Crippen molar-refractivity contribution in [2.75, 3.05) is 26.6 Å². The minimum atomic E-state index is -0.0650. The van der Waals surface area contributed by atoms with E-state index < -0.39 is 0 Å². The van der Waals surface area contributed by atoms with Crippen LogP contribution in [0.3, 0.4) is 0 Å². The molecule has 1 saturated heterocycles. The van der Waals surface area contributed by atoms with E-state index in [4.69, 9.17) is 14.2 Å². The van der Waals surface area contributed by atoms with E-state index in [2.05, 4.69) is 5.32 Å². The Kier molecular flexibility index (Phi) is 3.55. The zero-order valence-corrected chi connectivity index (χ0v) is 10.7. The Labute approximate surface area is 111 Å². The van der Waals surface area contributed by atoms with Crippen LogP contribution in [0.25, 0.3) is 0 Å². The summed E-state index contributed by atoms with van der Waals surface area (Å²) in [6.45, 7) is 2.52. The lowest BCUT2D eigenvalue weighted by atomic mass is 10.0. The fourth-order valence-electron chi connectivity index (χ4n) is 2.33. The summed E-state index contributed by atoms with van der Waals surface area (Å²) in [4.78, 5) is 12.0. The normalized spacial score (nSPS) is 18.3. The third kappa shape index (κ3) is 2.81. The fourth-order valence-corrected chi connectivity index (χ4v) is 2.33. The van der Waals surface area contributed by atoms with E-state index in [0.29, 0.717) is 29.5 Å². The monoisotopic (exact) mass is 263 g/mol. The van der Waals surface area contributed by atoms with Gasteiger partial charge in [0.1, 0.15) is 0 Å². The molecule has 0 spiro atoms. The number of benzene rings is 1. The van der Waals surface area contributed by atoms with Crippen LogP contribution >= 0.6 is 0 Å². The molecule has 0 aromatic heterocycles.